The number of primary amides is 1. The summed E-state index contributed by atoms with van der Waals surface area (Å²) in [7, 11) is 3.28. The number of nitrogens with two attached hydrogens (primary N) is 2. The second kappa shape index (κ2) is 12.5. The van der Waals surface area contributed by atoms with E-state index in [0.717, 1.165) is 24.8 Å². The van der Waals surface area contributed by atoms with Crippen LogP contribution in [-0.4, -0.2) is 50.6 Å². The van der Waals surface area contributed by atoms with Crippen molar-refractivity contribution in [3.05, 3.63) is 23.8 Å². The Morgan fingerprint density at radius 1 is 1.15 bits per heavy atom. The molecule has 0 bridgehead atoms. The molecule has 5 N–H and O–H groups in total. The zero-order valence-corrected chi connectivity index (χ0v) is 15.8. The number of aliphatic hydroxyl groups excluding tert-OH is 1. The van der Waals surface area contributed by atoms with E-state index in [2.05, 4.69) is 0 Å². The molecule has 0 saturated carbocycles. The van der Waals surface area contributed by atoms with Gasteiger partial charge in [-0.25, -0.2) is 0 Å². The number of aliphatic hydroxyl groups is 1. The highest BCUT2D eigenvalue weighted by atomic mass is 16.5. The molecule has 1 amide bonds. The molecule has 2 unspecified atom stereocenters. The Kier molecular flexibility index (Phi) is 10.7. The first-order valence-electron chi connectivity index (χ1n) is 8.98. The van der Waals surface area contributed by atoms with Crippen LogP contribution in [0.15, 0.2) is 18.2 Å². The molecular formula is C19H32N2O5. The fourth-order valence-electron chi connectivity index (χ4n) is 2.61. The van der Waals surface area contributed by atoms with Crippen LogP contribution >= 0.6 is 0 Å². The molecule has 2 atom stereocenters. The Morgan fingerprint density at radius 3 is 2.58 bits per heavy atom. The normalized spacial score (nSPS) is 13.2. The minimum absolute atomic E-state index is 0.150. The van der Waals surface area contributed by atoms with E-state index >= 15 is 0 Å². The summed E-state index contributed by atoms with van der Waals surface area (Å²) in [5.74, 6) is 0.990. The van der Waals surface area contributed by atoms with Crippen LogP contribution in [0.5, 0.6) is 11.5 Å². The minimum Gasteiger partial charge on any atom is -0.493 e. The molecule has 0 aliphatic carbocycles. The molecule has 0 heterocycles. The molecule has 0 fully saturated rings. The molecular weight excluding hydrogens is 336 g/mol. The minimum atomic E-state index is -0.710. The zero-order chi connectivity index (χ0) is 19.4. The van der Waals surface area contributed by atoms with Crippen LogP contribution in [0, 0.1) is 0 Å². The van der Waals surface area contributed by atoms with Gasteiger partial charge < -0.3 is 30.8 Å². The van der Waals surface area contributed by atoms with E-state index in [1.165, 1.54) is 0 Å². The van der Waals surface area contributed by atoms with E-state index in [1.54, 1.807) is 14.2 Å². The maximum Gasteiger partial charge on any atom is 0.217 e. The Balaban J connectivity index is 2.47. The number of carbonyl (C=O) groups excluding carboxylic acids is 1. The number of benzene rings is 1. The zero-order valence-electron chi connectivity index (χ0n) is 15.8. The monoisotopic (exact) mass is 368 g/mol. The fraction of sp³-hybridized carbons (Fsp3) is 0.632. The first-order chi connectivity index (χ1) is 12.5. The number of hydrogen-bond donors (Lipinski definition) is 3. The van der Waals surface area contributed by atoms with Gasteiger partial charge in [0.1, 0.15) is 0 Å². The smallest absolute Gasteiger partial charge is 0.217 e. The van der Waals surface area contributed by atoms with Crippen molar-refractivity contribution in [2.75, 3.05) is 27.4 Å². The number of methoxy groups -OCH3 is 2. The summed E-state index contributed by atoms with van der Waals surface area (Å²) in [4.78, 5) is 10.8. The molecule has 0 aliphatic rings. The average molecular weight is 368 g/mol. The quantitative estimate of drug-likeness (QED) is 0.427. The van der Waals surface area contributed by atoms with Crippen molar-refractivity contribution < 1.29 is 24.1 Å². The second-order valence-electron chi connectivity index (χ2n) is 6.31. The van der Waals surface area contributed by atoms with Gasteiger partial charge in [0.05, 0.1) is 19.8 Å². The number of ether oxygens (including phenoxy) is 3. The maximum atomic E-state index is 10.8. The van der Waals surface area contributed by atoms with Gasteiger partial charge in [0.25, 0.3) is 0 Å². The van der Waals surface area contributed by atoms with Gasteiger partial charge in [-0.2, -0.15) is 0 Å². The lowest BCUT2D eigenvalue weighted by Gasteiger charge is -2.18. The number of amides is 1. The number of rotatable bonds is 14. The third-order valence-electron chi connectivity index (χ3n) is 4.16. The predicted molar refractivity (Wildman–Crippen MR) is 100 cm³/mol. The van der Waals surface area contributed by atoms with E-state index in [0.29, 0.717) is 37.6 Å². The summed E-state index contributed by atoms with van der Waals surface area (Å²) in [5.41, 5.74) is 12.2. The van der Waals surface area contributed by atoms with Crippen LogP contribution in [0.1, 0.15) is 37.7 Å². The van der Waals surface area contributed by atoms with Crippen molar-refractivity contribution in [3.8, 4) is 11.5 Å². The molecule has 7 nitrogen and oxygen atoms in total. The summed E-state index contributed by atoms with van der Waals surface area (Å²) in [6.07, 6.45) is 2.85. The standard InChI is InChI=1S/C19H32N2O5/c1-24-11-4-12-26-18-13-14(7-9-17(18)25-2)5-3-6-15(20)16(22)8-10-19(21)23/h7,9,13,15-16,22H,3-6,8,10-12,20H2,1-2H3,(H2,21,23). The third kappa shape index (κ3) is 8.51. The summed E-state index contributed by atoms with van der Waals surface area (Å²) in [5, 5.41) is 9.94. The van der Waals surface area contributed by atoms with Crippen LogP contribution in [-0.2, 0) is 16.0 Å². The highest BCUT2D eigenvalue weighted by Gasteiger charge is 2.15. The molecule has 0 radical (unpaired) electrons. The molecule has 0 aliphatic heterocycles. The molecule has 1 aromatic rings. The van der Waals surface area contributed by atoms with Gasteiger partial charge in [-0.3, -0.25) is 4.79 Å². The average Bonchev–Trinajstić information content (AvgIpc) is 2.63. The van der Waals surface area contributed by atoms with Gasteiger partial charge in [0, 0.05) is 32.6 Å². The summed E-state index contributed by atoms with van der Waals surface area (Å²) in [6, 6.07) is 5.50. The van der Waals surface area contributed by atoms with Crippen LogP contribution in [0.4, 0.5) is 0 Å². The second-order valence-corrected chi connectivity index (χ2v) is 6.31. The fourth-order valence-corrected chi connectivity index (χ4v) is 2.61. The lowest BCUT2D eigenvalue weighted by atomic mass is 9.99. The Labute approximate surface area is 155 Å². The molecule has 148 valence electrons. The van der Waals surface area contributed by atoms with E-state index in [1.807, 2.05) is 18.2 Å². The van der Waals surface area contributed by atoms with Gasteiger partial charge in [-0.15, -0.1) is 0 Å². The first kappa shape index (κ1) is 22.2. The Bertz CT molecular complexity index is 539. The molecule has 0 spiro atoms. The number of hydrogen-bond acceptors (Lipinski definition) is 6. The summed E-state index contributed by atoms with van der Waals surface area (Å²) >= 11 is 0. The van der Waals surface area contributed by atoms with Gasteiger partial charge >= 0.3 is 0 Å². The molecule has 1 rings (SSSR count). The van der Waals surface area contributed by atoms with Gasteiger partial charge in [0.2, 0.25) is 5.91 Å². The molecule has 1 aromatic carbocycles. The lowest BCUT2D eigenvalue weighted by molar-refractivity contribution is -0.118. The van der Waals surface area contributed by atoms with Crippen LogP contribution in [0.2, 0.25) is 0 Å². The Morgan fingerprint density at radius 2 is 1.92 bits per heavy atom. The SMILES string of the molecule is COCCCOc1cc(CCCC(N)C(O)CCC(N)=O)ccc1OC. The predicted octanol–water partition coefficient (Wildman–Crippen LogP) is 1.39. The van der Waals surface area contributed by atoms with Crippen LogP contribution < -0.4 is 20.9 Å². The van der Waals surface area contributed by atoms with Crippen molar-refractivity contribution >= 4 is 5.91 Å². The highest BCUT2D eigenvalue weighted by molar-refractivity contribution is 5.73. The first-order valence-corrected chi connectivity index (χ1v) is 8.98. The van der Waals surface area contributed by atoms with E-state index < -0.39 is 12.0 Å². The summed E-state index contributed by atoms with van der Waals surface area (Å²) in [6.45, 7) is 1.21. The highest BCUT2D eigenvalue weighted by Crippen LogP contribution is 2.29. The molecule has 0 saturated heterocycles. The summed E-state index contributed by atoms with van der Waals surface area (Å²) < 4.78 is 16.1. The molecule has 7 heteroatoms. The maximum absolute atomic E-state index is 10.8. The van der Waals surface area contributed by atoms with E-state index in [-0.39, 0.29) is 12.5 Å². The number of carbonyl (C=O) groups is 1. The van der Waals surface area contributed by atoms with Crippen LogP contribution in [0.3, 0.4) is 0 Å². The van der Waals surface area contributed by atoms with Gasteiger partial charge in [-0.05, 0) is 43.4 Å². The Hall–Kier alpha value is -1.83. The number of aryl methyl sites for hydroxylation is 1. The van der Waals surface area contributed by atoms with Crippen molar-refractivity contribution in [2.24, 2.45) is 11.5 Å². The topological polar surface area (TPSA) is 117 Å². The van der Waals surface area contributed by atoms with Crippen molar-refractivity contribution in [3.63, 3.8) is 0 Å². The van der Waals surface area contributed by atoms with E-state index in [4.69, 9.17) is 25.7 Å². The van der Waals surface area contributed by atoms with Gasteiger partial charge in [-0.1, -0.05) is 6.07 Å². The lowest BCUT2D eigenvalue weighted by Crippen LogP contribution is -2.35. The van der Waals surface area contributed by atoms with E-state index in [9.17, 15) is 9.90 Å². The molecule has 26 heavy (non-hydrogen) atoms. The third-order valence-corrected chi connectivity index (χ3v) is 4.16. The van der Waals surface area contributed by atoms with Crippen molar-refractivity contribution in [2.45, 2.75) is 50.7 Å². The largest absolute Gasteiger partial charge is 0.493 e. The van der Waals surface area contributed by atoms with Gasteiger partial charge in [0.15, 0.2) is 11.5 Å². The van der Waals surface area contributed by atoms with Crippen molar-refractivity contribution in [1.82, 2.24) is 0 Å². The van der Waals surface area contributed by atoms with Crippen molar-refractivity contribution in [1.29, 1.82) is 0 Å². The van der Waals surface area contributed by atoms with Crippen LogP contribution in [0.25, 0.3) is 0 Å². The molecule has 0 aromatic heterocycles.